The molecule has 0 saturated carbocycles. The molecule has 5 nitrogen and oxygen atoms in total. The fraction of sp³-hybridized carbons (Fsp3) is 0.312. The van der Waals surface area contributed by atoms with Crippen molar-refractivity contribution in [2.24, 2.45) is 0 Å². The first-order chi connectivity index (χ1) is 10.8. The Bertz CT molecular complexity index is 697. The summed E-state index contributed by atoms with van der Waals surface area (Å²) >= 11 is 0. The number of aromatic nitrogens is 2. The topological polar surface area (TPSA) is 64.8 Å². The van der Waals surface area contributed by atoms with Gasteiger partial charge in [-0.05, 0) is 25.0 Å². The van der Waals surface area contributed by atoms with Crippen LogP contribution in [0.2, 0.25) is 0 Å². The molecule has 2 heterocycles. The second-order valence-corrected chi connectivity index (χ2v) is 5.25. The summed E-state index contributed by atoms with van der Waals surface area (Å²) in [6.45, 7) is 1.49. The molecular formula is C16H16FN5. The lowest BCUT2D eigenvalue weighted by Crippen LogP contribution is -2.42. The Morgan fingerprint density at radius 2 is 2.09 bits per heavy atom. The predicted molar refractivity (Wildman–Crippen MR) is 82.0 cm³/mol. The van der Waals surface area contributed by atoms with Crippen LogP contribution in [-0.4, -0.2) is 29.1 Å². The van der Waals surface area contributed by atoms with E-state index in [1.807, 2.05) is 17.0 Å². The number of piperidine rings is 1. The van der Waals surface area contributed by atoms with Crippen molar-refractivity contribution in [1.82, 2.24) is 9.97 Å². The molecule has 0 bridgehead atoms. The summed E-state index contributed by atoms with van der Waals surface area (Å²) in [5, 5.41) is 12.3. The summed E-state index contributed by atoms with van der Waals surface area (Å²) in [5.41, 5.74) is 0.902. The summed E-state index contributed by atoms with van der Waals surface area (Å²) in [7, 11) is 0. The van der Waals surface area contributed by atoms with Crippen molar-refractivity contribution in [3.05, 3.63) is 48.2 Å². The second kappa shape index (κ2) is 6.39. The molecule has 112 valence electrons. The van der Waals surface area contributed by atoms with E-state index in [2.05, 4.69) is 15.3 Å². The molecule has 1 atom stereocenters. The van der Waals surface area contributed by atoms with Gasteiger partial charge in [-0.15, -0.1) is 0 Å². The zero-order valence-electron chi connectivity index (χ0n) is 12.0. The van der Waals surface area contributed by atoms with E-state index in [9.17, 15) is 4.39 Å². The second-order valence-electron chi connectivity index (χ2n) is 5.25. The first-order valence-electron chi connectivity index (χ1n) is 7.25. The molecule has 3 rings (SSSR count). The molecule has 22 heavy (non-hydrogen) atoms. The number of nitrogens with zero attached hydrogens (tertiary/aromatic N) is 4. The van der Waals surface area contributed by atoms with Gasteiger partial charge < -0.3 is 10.2 Å². The predicted octanol–water partition coefficient (Wildman–Crippen LogP) is 2.57. The summed E-state index contributed by atoms with van der Waals surface area (Å²) in [6.07, 6.45) is 4.96. The average Bonchev–Trinajstić information content (AvgIpc) is 2.56. The van der Waals surface area contributed by atoms with Gasteiger partial charge in [-0.1, -0.05) is 12.1 Å². The van der Waals surface area contributed by atoms with Gasteiger partial charge in [0.25, 0.3) is 0 Å². The maximum atomic E-state index is 13.9. The molecule has 1 aromatic carbocycles. The quantitative estimate of drug-likeness (QED) is 0.943. The molecule has 0 radical (unpaired) electrons. The first-order valence-corrected chi connectivity index (χ1v) is 7.25. The lowest BCUT2D eigenvalue weighted by molar-refractivity contribution is 0.518. The molecular weight excluding hydrogens is 281 g/mol. The van der Waals surface area contributed by atoms with Crippen LogP contribution in [0.3, 0.4) is 0 Å². The van der Waals surface area contributed by atoms with Gasteiger partial charge in [0, 0.05) is 31.5 Å². The van der Waals surface area contributed by atoms with Gasteiger partial charge in [0.2, 0.25) is 0 Å². The van der Waals surface area contributed by atoms with Crippen molar-refractivity contribution < 1.29 is 4.39 Å². The van der Waals surface area contributed by atoms with Crippen LogP contribution >= 0.6 is 0 Å². The van der Waals surface area contributed by atoms with Crippen LogP contribution in [0.15, 0.2) is 36.7 Å². The highest BCUT2D eigenvalue weighted by molar-refractivity contribution is 5.51. The zero-order chi connectivity index (χ0) is 15.4. The number of hydrogen-bond acceptors (Lipinski definition) is 5. The SMILES string of the molecule is N#Cc1nccnc1NC1CCCN(c2ccccc2F)C1. The largest absolute Gasteiger partial charge is 0.367 e. The molecule has 1 aliphatic rings. The molecule has 1 saturated heterocycles. The number of hydrogen-bond donors (Lipinski definition) is 1. The average molecular weight is 297 g/mol. The van der Waals surface area contributed by atoms with Crippen LogP contribution in [0.4, 0.5) is 15.9 Å². The Hall–Kier alpha value is -2.68. The van der Waals surface area contributed by atoms with E-state index in [1.54, 1.807) is 18.3 Å². The van der Waals surface area contributed by atoms with Crippen LogP contribution in [0.5, 0.6) is 0 Å². The standard InChI is InChI=1S/C16H16FN5/c17-13-5-1-2-6-15(13)22-9-3-4-12(11-22)21-16-14(10-18)19-7-8-20-16/h1-2,5-8,12H,3-4,9,11H2,(H,20,21). The highest BCUT2D eigenvalue weighted by Crippen LogP contribution is 2.24. The van der Waals surface area contributed by atoms with E-state index >= 15 is 0 Å². The number of halogens is 1. The van der Waals surface area contributed by atoms with Crippen molar-refractivity contribution >= 4 is 11.5 Å². The van der Waals surface area contributed by atoms with E-state index in [4.69, 9.17) is 5.26 Å². The lowest BCUT2D eigenvalue weighted by atomic mass is 10.0. The summed E-state index contributed by atoms with van der Waals surface area (Å²) in [5.74, 6) is 0.283. The van der Waals surface area contributed by atoms with Crippen LogP contribution in [0.1, 0.15) is 18.5 Å². The highest BCUT2D eigenvalue weighted by Gasteiger charge is 2.22. The lowest BCUT2D eigenvalue weighted by Gasteiger charge is -2.35. The highest BCUT2D eigenvalue weighted by atomic mass is 19.1. The number of benzene rings is 1. The summed E-state index contributed by atoms with van der Waals surface area (Å²) in [6, 6.07) is 8.93. The third-order valence-electron chi connectivity index (χ3n) is 3.76. The maximum Gasteiger partial charge on any atom is 0.182 e. The smallest absolute Gasteiger partial charge is 0.182 e. The van der Waals surface area contributed by atoms with Crippen LogP contribution in [0.25, 0.3) is 0 Å². The van der Waals surface area contributed by atoms with Gasteiger partial charge in [-0.3, -0.25) is 0 Å². The first kappa shape index (κ1) is 14.3. The maximum absolute atomic E-state index is 13.9. The Balaban J connectivity index is 1.74. The van der Waals surface area contributed by atoms with Crippen molar-refractivity contribution in [3.63, 3.8) is 0 Å². The van der Waals surface area contributed by atoms with E-state index < -0.39 is 0 Å². The molecule has 1 unspecified atom stereocenters. The van der Waals surface area contributed by atoms with E-state index in [0.717, 1.165) is 19.4 Å². The normalized spacial score (nSPS) is 17.8. The fourth-order valence-electron chi connectivity index (χ4n) is 2.74. The van der Waals surface area contributed by atoms with Gasteiger partial charge >= 0.3 is 0 Å². The van der Waals surface area contributed by atoms with Crippen molar-refractivity contribution in [1.29, 1.82) is 5.26 Å². The summed E-state index contributed by atoms with van der Waals surface area (Å²) in [4.78, 5) is 10.2. The van der Waals surface area contributed by atoms with Crippen molar-refractivity contribution in [2.45, 2.75) is 18.9 Å². The molecule has 0 aliphatic carbocycles. The molecule has 1 aromatic heterocycles. The molecule has 6 heteroatoms. The van der Waals surface area contributed by atoms with Crippen LogP contribution in [0, 0.1) is 17.1 Å². The van der Waals surface area contributed by atoms with Gasteiger partial charge in [0.15, 0.2) is 11.5 Å². The molecule has 2 aromatic rings. The molecule has 0 amide bonds. The Labute approximate surface area is 128 Å². The minimum atomic E-state index is -0.208. The number of nitriles is 1. The zero-order valence-corrected chi connectivity index (χ0v) is 12.0. The van der Waals surface area contributed by atoms with E-state index in [1.165, 1.54) is 12.3 Å². The number of para-hydroxylation sites is 1. The third-order valence-corrected chi connectivity index (χ3v) is 3.76. The van der Waals surface area contributed by atoms with Crippen molar-refractivity contribution in [3.8, 4) is 6.07 Å². The van der Waals surface area contributed by atoms with Gasteiger partial charge in [0.05, 0.1) is 5.69 Å². The number of rotatable bonds is 3. The molecule has 1 N–H and O–H groups in total. The minimum Gasteiger partial charge on any atom is -0.367 e. The van der Waals surface area contributed by atoms with E-state index in [-0.39, 0.29) is 17.6 Å². The van der Waals surface area contributed by atoms with E-state index in [0.29, 0.717) is 18.1 Å². The molecule has 1 aliphatic heterocycles. The molecule has 1 fully saturated rings. The summed E-state index contributed by atoms with van der Waals surface area (Å²) < 4.78 is 13.9. The Morgan fingerprint density at radius 1 is 1.27 bits per heavy atom. The van der Waals surface area contributed by atoms with Crippen LogP contribution < -0.4 is 10.2 Å². The fourth-order valence-corrected chi connectivity index (χ4v) is 2.74. The minimum absolute atomic E-state index is 0.108. The van der Waals surface area contributed by atoms with Gasteiger partial charge in [-0.2, -0.15) is 5.26 Å². The van der Waals surface area contributed by atoms with Crippen LogP contribution in [-0.2, 0) is 0 Å². The number of anilines is 2. The Morgan fingerprint density at radius 3 is 2.91 bits per heavy atom. The molecule has 0 spiro atoms. The Kier molecular flexibility index (Phi) is 4.15. The third kappa shape index (κ3) is 2.98. The monoisotopic (exact) mass is 297 g/mol. The number of nitrogens with one attached hydrogen (secondary N) is 1. The van der Waals surface area contributed by atoms with Gasteiger partial charge in [0.1, 0.15) is 11.9 Å². The van der Waals surface area contributed by atoms with Crippen molar-refractivity contribution in [2.75, 3.05) is 23.3 Å². The van der Waals surface area contributed by atoms with Gasteiger partial charge in [-0.25, -0.2) is 14.4 Å².